The number of benzene rings is 2. The fourth-order valence-corrected chi connectivity index (χ4v) is 6.48. The standard InChI is InChI=1S/C33H33F2N5O/c34-24-7-11-26(12-8-24)40-20-29(23-5-9-25(10-6-23)39-17-15-33(35,22-37)16-18-39)31(38-40)28-4-2-1-3-27(28)30(41)19-32(21-36)13-14-32/h5-12,20,27-28H,1-4,13-19H2/t27-,28-/m1/s1. The molecule has 0 bridgehead atoms. The van der Waals surface area contributed by atoms with Gasteiger partial charge >= 0.3 is 0 Å². The van der Waals surface area contributed by atoms with Crippen molar-refractivity contribution < 1.29 is 13.6 Å². The zero-order valence-electron chi connectivity index (χ0n) is 23.0. The summed E-state index contributed by atoms with van der Waals surface area (Å²) in [5, 5.41) is 23.7. The van der Waals surface area contributed by atoms with Crippen molar-refractivity contribution >= 4 is 11.5 Å². The molecule has 3 aliphatic rings. The smallest absolute Gasteiger partial charge is 0.199 e. The Kier molecular flexibility index (Phi) is 7.11. The highest BCUT2D eigenvalue weighted by Crippen LogP contribution is 2.51. The maximum Gasteiger partial charge on any atom is 0.199 e. The Labute approximate surface area is 239 Å². The van der Waals surface area contributed by atoms with Gasteiger partial charge in [0.1, 0.15) is 17.7 Å². The fourth-order valence-electron chi connectivity index (χ4n) is 6.48. The van der Waals surface area contributed by atoms with Crippen molar-refractivity contribution in [3.63, 3.8) is 0 Å². The Morgan fingerprint density at radius 3 is 2.22 bits per heavy atom. The van der Waals surface area contributed by atoms with Crippen LogP contribution in [-0.2, 0) is 4.79 Å². The fraction of sp³-hybridized carbons (Fsp3) is 0.455. The van der Waals surface area contributed by atoms with Crippen LogP contribution in [0.5, 0.6) is 0 Å². The highest BCUT2D eigenvalue weighted by Gasteiger charge is 2.47. The van der Waals surface area contributed by atoms with Crippen LogP contribution in [0.1, 0.15) is 69.4 Å². The average molecular weight is 554 g/mol. The molecule has 6 rings (SSSR count). The van der Waals surface area contributed by atoms with E-state index < -0.39 is 11.1 Å². The highest BCUT2D eigenvalue weighted by molar-refractivity contribution is 5.84. The van der Waals surface area contributed by atoms with Gasteiger partial charge in [0, 0.05) is 61.6 Å². The predicted molar refractivity (Wildman–Crippen MR) is 151 cm³/mol. The van der Waals surface area contributed by atoms with Crippen LogP contribution in [0.25, 0.3) is 16.8 Å². The molecule has 2 atom stereocenters. The molecule has 1 aliphatic heterocycles. The predicted octanol–water partition coefficient (Wildman–Crippen LogP) is 7.05. The van der Waals surface area contributed by atoms with Crippen molar-refractivity contribution in [2.24, 2.45) is 11.3 Å². The van der Waals surface area contributed by atoms with E-state index >= 15 is 0 Å². The third kappa shape index (κ3) is 5.48. The second kappa shape index (κ2) is 10.7. The molecule has 0 amide bonds. The Bertz CT molecular complexity index is 1500. The minimum absolute atomic E-state index is 0.0622. The van der Waals surface area contributed by atoms with Gasteiger partial charge in [-0.1, -0.05) is 25.0 Å². The van der Waals surface area contributed by atoms with Crippen LogP contribution in [0.4, 0.5) is 14.5 Å². The molecule has 8 heteroatoms. The van der Waals surface area contributed by atoms with E-state index in [9.17, 15) is 18.8 Å². The molecule has 3 aromatic rings. The number of anilines is 1. The number of hydrogen-bond donors (Lipinski definition) is 0. The molecule has 2 aliphatic carbocycles. The number of nitriles is 2. The van der Waals surface area contributed by atoms with Crippen molar-refractivity contribution in [2.75, 3.05) is 18.0 Å². The monoisotopic (exact) mass is 553 g/mol. The summed E-state index contributed by atoms with van der Waals surface area (Å²) in [4.78, 5) is 15.7. The molecule has 41 heavy (non-hydrogen) atoms. The summed E-state index contributed by atoms with van der Waals surface area (Å²) in [6, 6.07) is 18.5. The van der Waals surface area contributed by atoms with Crippen molar-refractivity contribution in [3.8, 4) is 29.0 Å². The number of hydrogen-bond acceptors (Lipinski definition) is 5. The molecule has 0 N–H and O–H groups in total. The van der Waals surface area contributed by atoms with Gasteiger partial charge in [-0.3, -0.25) is 4.79 Å². The normalized spacial score (nSPS) is 22.9. The van der Waals surface area contributed by atoms with Gasteiger partial charge < -0.3 is 4.90 Å². The number of rotatable bonds is 7. The molecule has 0 radical (unpaired) electrons. The van der Waals surface area contributed by atoms with Gasteiger partial charge in [0.05, 0.1) is 22.9 Å². The number of aromatic nitrogens is 2. The van der Waals surface area contributed by atoms with Crippen LogP contribution in [0.3, 0.4) is 0 Å². The minimum Gasteiger partial charge on any atom is -0.371 e. The maximum atomic E-state index is 14.4. The summed E-state index contributed by atoms with van der Waals surface area (Å²) in [7, 11) is 0. The summed E-state index contributed by atoms with van der Waals surface area (Å²) in [6.45, 7) is 0.959. The number of halogens is 2. The molecule has 3 fully saturated rings. The summed E-state index contributed by atoms with van der Waals surface area (Å²) >= 11 is 0. The molecule has 0 spiro atoms. The lowest BCUT2D eigenvalue weighted by Gasteiger charge is -2.34. The van der Waals surface area contributed by atoms with Crippen molar-refractivity contribution in [2.45, 2.75) is 69.4 Å². The average Bonchev–Trinajstić information content (AvgIpc) is 3.64. The van der Waals surface area contributed by atoms with E-state index in [0.29, 0.717) is 19.5 Å². The zero-order chi connectivity index (χ0) is 28.6. The third-order valence-corrected chi connectivity index (χ3v) is 9.27. The summed E-state index contributed by atoms with van der Waals surface area (Å²) < 4.78 is 29.8. The highest BCUT2D eigenvalue weighted by atomic mass is 19.1. The van der Waals surface area contributed by atoms with Gasteiger partial charge in [0.15, 0.2) is 5.67 Å². The van der Waals surface area contributed by atoms with Crippen LogP contribution in [0.15, 0.2) is 54.7 Å². The molecule has 2 heterocycles. The van der Waals surface area contributed by atoms with E-state index in [4.69, 9.17) is 10.4 Å². The number of Topliss-reactive ketones (excluding diaryl/α,β-unsaturated/α-hetero) is 1. The van der Waals surface area contributed by atoms with Crippen molar-refractivity contribution in [1.82, 2.24) is 9.78 Å². The SMILES string of the molecule is N#CC1(F)CCN(c2ccc(-c3cn(-c4ccc(F)cc4)nc3[C@@H]3CCCC[C@H]3C(=O)CC3(C#N)CC3)cc2)CC1. The van der Waals surface area contributed by atoms with Gasteiger partial charge in [0.25, 0.3) is 0 Å². The number of carbonyl (C=O) groups excluding carboxylic acids is 1. The van der Waals surface area contributed by atoms with E-state index in [1.54, 1.807) is 22.9 Å². The van der Waals surface area contributed by atoms with Gasteiger partial charge in [-0.15, -0.1) is 0 Å². The quantitative estimate of drug-likeness (QED) is 0.313. The maximum absolute atomic E-state index is 14.4. The van der Waals surface area contributed by atoms with Gasteiger partial charge in [0.2, 0.25) is 0 Å². The van der Waals surface area contributed by atoms with Gasteiger partial charge in [-0.25, -0.2) is 13.5 Å². The second-order valence-corrected chi connectivity index (χ2v) is 12.0. The number of piperidine rings is 1. The third-order valence-electron chi connectivity index (χ3n) is 9.27. The second-order valence-electron chi connectivity index (χ2n) is 12.0. The Balaban J connectivity index is 1.33. The van der Waals surface area contributed by atoms with Crippen molar-refractivity contribution in [3.05, 3.63) is 66.2 Å². The molecule has 210 valence electrons. The molecule has 2 saturated carbocycles. The molecule has 2 aromatic carbocycles. The van der Waals surface area contributed by atoms with E-state index in [0.717, 1.165) is 66.7 Å². The summed E-state index contributed by atoms with van der Waals surface area (Å²) in [6.07, 6.45) is 7.86. The first kappa shape index (κ1) is 27.1. The molecule has 0 unspecified atom stereocenters. The topological polar surface area (TPSA) is 85.7 Å². The molecule has 6 nitrogen and oxygen atoms in total. The molecule has 1 aromatic heterocycles. The lowest BCUT2D eigenvalue weighted by molar-refractivity contribution is -0.125. The lowest BCUT2D eigenvalue weighted by atomic mass is 9.72. The minimum atomic E-state index is -1.75. The summed E-state index contributed by atoms with van der Waals surface area (Å²) in [5.74, 6) is -0.400. The molecule has 1 saturated heterocycles. The first-order valence-corrected chi connectivity index (χ1v) is 14.6. The van der Waals surface area contributed by atoms with Crippen LogP contribution in [0.2, 0.25) is 0 Å². The molecular formula is C33H33F2N5O. The van der Waals surface area contributed by atoms with Gasteiger partial charge in [-0.05, 0) is 67.6 Å². The van der Waals surface area contributed by atoms with E-state index in [1.165, 1.54) is 12.1 Å². The van der Waals surface area contributed by atoms with Gasteiger partial charge in [-0.2, -0.15) is 15.6 Å². The van der Waals surface area contributed by atoms with Crippen molar-refractivity contribution in [1.29, 1.82) is 10.5 Å². The summed E-state index contributed by atoms with van der Waals surface area (Å²) in [5.41, 5.74) is 2.22. The number of alkyl halides is 1. The van der Waals surface area contributed by atoms with Crippen LogP contribution in [-0.4, -0.2) is 34.3 Å². The van der Waals surface area contributed by atoms with Crippen LogP contribution >= 0.6 is 0 Å². The number of carbonyl (C=O) groups is 1. The van der Waals surface area contributed by atoms with Crippen LogP contribution in [0, 0.1) is 39.8 Å². The zero-order valence-corrected chi connectivity index (χ0v) is 23.0. The van der Waals surface area contributed by atoms with E-state index in [2.05, 4.69) is 11.0 Å². The Morgan fingerprint density at radius 2 is 1.59 bits per heavy atom. The first-order valence-electron chi connectivity index (χ1n) is 14.6. The van der Waals surface area contributed by atoms with Crippen LogP contribution < -0.4 is 4.90 Å². The Morgan fingerprint density at radius 1 is 0.927 bits per heavy atom. The lowest BCUT2D eigenvalue weighted by Crippen LogP contribution is -2.40. The first-order chi connectivity index (χ1) is 19.8. The molecular weight excluding hydrogens is 520 g/mol. The largest absolute Gasteiger partial charge is 0.371 e. The number of nitrogens with zero attached hydrogens (tertiary/aromatic N) is 5. The number of ketones is 1. The van der Waals surface area contributed by atoms with E-state index in [1.807, 2.05) is 30.5 Å². The van der Waals surface area contributed by atoms with E-state index in [-0.39, 0.29) is 36.3 Å². The Hall–Kier alpha value is -4.04.